The molecule has 84 valence electrons. The lowest BCUT2D eigenvalue weighted by molar-refractivity contribution is 0.648. The number of rotatable bonds is 3. The minimum absolute atomic E-state index is 0.703. The number of aromatic nitrogens is 1. The molecule has 0 unspecified atom stereocenters. The first-order valence-electron chi connectivity index (χ1n) is 5.45. The molecule has 0 saturated heterocycles. The Morgan fingerprint density at radius 3 is 2.40 bits per heavy atom. The number of nitrogens with zero attached hydrogens (tertiary/aromatic N) is 1. The van der Waals surface area contributed by atoms with E-state index in [1.165, 1.54) is 10.8 Å². The molecule has 0 aliphatic rings. The summed E-state index contributed by atoms with van der Waals surface area (Å²) in [5, 5.41) is 1.50. The molecule has 1 rings (SSSR count). The summed E-state index contributed by atoms with van der Waals surface area (Å²) in [5.74, 6) is 0.703. The maximum Gasteiger partial charge on any atom is 0.106 e. The highest BCUT2D eigenvalue weighted by atomic mass is 79.9. The maximum absolute atomic E-state index is 4.36. The van der Waals surface area contributed by atoms with Gasteiger partial charge in [0, 0.05) is 6.20 Å². The van der Waals surface area contributed by atoms with E-state index in [1.54, 1.807) is 0 Å². The van der Waals surface area contributed by atoms with Crippen molar-refractivity contribution in [3.05, 3.63) is 22.4 Å². The number of pyridine rings is 1. The lowest BCUT2D eigenvalue weighted by Crippen LogP contribution is -2.40. The lowest BCUT2D eigenvalue weighted by Gasteiger charge is -2.21. The molecular weight excluding hydrogens is 266 g/mol. The van der Waals surface area contributed by atoms with E-state index in [4.69, 9.17) is 0 Å². The zero-order valence-corrected chi connectivity index (χ0v) is 12.9. The molecule has 3 heteroatoms. The average Bonchev–Trinajstić information content (AvgIpc) is 1.99. The molecule has 0 atom stereocenters. The van der Waals surface area contributed by atoms with Crippen molar-refractivity contribution in [2.45, 2.75) is 39.9 Å². The number of halogens is 1. The third-order valence-corrected chi connectivity index (χ3v) is 4.89. The van der Waals surface area contributed by atoms with Crippen molar-refractivity contribution in [2.75, 3.05) is 0 Å². The van der Waals surface area contributed by atoms with Gasteiger partial charge < -0.3 is 0 Å². The van der Waals surface area contributed by atoms with Crippen LogP contribution in [0.5, 0.6) is 0 Å². The summed E-state index contributed by atoms with van der Waals surface area (Å²) in [6, 6.07) is 2.19. The highest BCUT2D eigenvalue weighted by Gasteiger charge is 2.21. The van der Waals surface area contributed by atoms with Gasteiger partial charge in [0.15, 0.2) is 0 Å². The Bertz CT molecular complexity index is 342. The monoisotopic (exact) mass is 285 g/mol. The smallest absolute Gasteiger partial charge is 0.106 e. The van der Waals surface area contributed by atoms with Crippen LogP contribution in [0.2, 0.25) is 19.6 Å². The molecule has 0 fully saturated rings. The minimum atomic E-state index is -1.25. The Hall–Kier alpha value is -0.153. The second-order valence-electron chi connectivity index (χ2n) is 5.51. The topological polar surface area (TPSA) is 12.9 Å². The second kappa shape index (κ2) is 4.79. The van der Waals surface area contributed by atoms with Crippen LogP contribution in [-0.4, -0.2) is 13.1 Å². The predicted molar refractivity (Wildman–Crippen MR) is 73.5 cm³/mol. The van der Waals surface area contributed by atoms with E-state index >= 15 is 0 Å². The zero-order valence-electron chi connectivity index (χ0n) is 10.3. The van der Waals surface area contributed by atoms with Gasteiger partial charge in [0.25, 0.3) is 0 Å². The summed E-state index contributed by atoms with van der Waals surface area (Å²) in [6.07, 6.45) is 3.22. The average molecular weight is 286 g/mol. The van der Waals surface area contributed by atoms with Gasteiger partial charge in [-0.05, 0) is 45.1 Å². The van der Waals surface area contributed by atoms with Crippen LogP contribution in [0.3, 0.4) is 0 Å². The van der Waals surface area contributed by atoms with Crippen molar-refractivity contribution in [1.82, 2.24) is 4.98 Å². The van der Waals surface area contributed by atoms with Crippen molar-refractivity contribution >= 4 is 29.2 Å². The minimum Gasteiger partial charge on any atom is -0.249 e. The van der Waals surface area contributed by atoms with Crippen LogP contribution in [0.1, 0.15) is 19.4 Å². The van der Waals surface area contributed by atoms with Gasteiger partial charge in [-0.15, -0.1) is 0 Å². The summed E-state index contributed by atoms with van der Waals surface area (Å²) in [7, 11) is -1.25. The van der Waals surface area contributed by atoms with E-state index in [0.717, 1.165) is 11.0 Å². The lowest BCUT2D eigenvalue weighted by atomic mass is 10.0. The molecule has 0 bridgehead atoms. The normalized spacial score (nSPS) is 12.2. The Kier molecular flexibility index (Phi) is 4.12. The highest BCUT2D eigenvalue weighted by molar-refractivity contribution is 9.10. The molecule has 0 radical (unpaired) electrons. The molecule has 0 amide bonds. The van der Waals surface area contributed by atoms with E-state index in [1.807, 2.05) is 0 Å². The second-order valence-corrected chi connectivity index (χ2v) is 11.4. The van der Waals surface area contributed by atoms with Gasteiger partial charge >= 0.3 is 0 Å². The van der Waals surface area contributed by atoms with Crippen LogP contribution < -0.4 is 5.19 Å². The fourth-order valence-electron chi connectivity index (χ4n) is 1.75. The first kappa shape index (κ1) is 12.9. The van der Waals surface area contributed by atoms with Gasteiger partial charge in [0.2, 0.25) is 0 Å². The van der Waals surface area contributed by atoms with Gasteiger partial charge in [-0.1, -0.05) is 33.5 Å². The van der Waals surface area contributed by atoms with Crippen molar-refractivity contribution in [1.29, 1.82) is 0 Å². The van der Waals surface area contributed by atoms with Crippen molar-refractivity contribution in [2.24, 2.45) is 5.92 Å². The van der Waals surface area contributed by atoms with Crippen molar-refractivity contribution in [3.8, 4) is 0 Å². The SMILES string of the molecule is CC(C)Cc1cc(Br)ncc1[Si](C)(C)C. The molecular formula is C12H20BrNSi. The molecule has 0 N–H and O–H groups in total. The molecule has 0 aliphatic carbocycles. The first-order valence-corrected chi connectivity index (χ1v) is 9.75. The van der Waals surface area contributed by atoms with E-state index in [9.17, 15) is 0 Å². The Morgan fingerprint density at radius 1 is 1.33 bits per heavy atom. The van der Waals surface area contributed by atoms with E-state index in [-0.39, 0.29) is 0 Å². The highest BCUT2D eigenvalue weighted by Crippen LogP contribution is 2.15. The van der Waals surface area contributed by atoms with Crippen LogP contribution in [0.15, 0.2) is 16.9 Å². The standard InChI is InChI=1S/C12H20BrNSi/c1-9(2)6-10-7-12(13)14-8-11(10)15(3,4)5/h7-9H,6H2,1-5H3. The molecule has 0 aliphatic heterocycles. The summed E-state index contributed by atoms with van der Waals surface area (Å²) in [6.45, 7) is 11.7. The molecule has 0 aromatic carbocycles. The van der Waals surface area contributed by atoms with Crippen LogP contribution in [0.25, 0.3) is 0 Å². The van der Waals surface area contributed by atoms with Crippen LogP contribution in [-0.2, 0) is 6.42 Å². The van der Waals surface area contributed by atoms with Crippen LogP contribution >= 0.6 is 15.9 Å². The summed E-state index contributed by atoms with van der Waals surface area (Å²) >= 11 is 3.46. The maximum atomic E-state index is 4.36. The van der Waals surface area contributed by atoms with Gasteiger partial charge in [-0.25, -0.2) is 4.98 Å². The molecule has 1 heterocycles. The fourth-order valence-corrected chi connectivity index (χ4v) is 3.72. The van der Waals surface area contributed by atoms with E-state index < -0.39 is 8.07 Å². The van der Waals surface area contributed by atoms with Crippen LogP contribution in [0.4, 0.5) is 0 Å². The summed E-state index contributed by atoms with van der Waals surface area (Å²) < 4.78 is 0.958. The van der Waals surface area contributed by atoms with Crippen LogP contribution in [0, 0.1) is 5.92 Å². The van der Waals surface area contributed by atoms with Gasteiger partial charge in [-0.3, -0.25) is 0 Å². The summed E-state index contributed by atoms with van der Waals surface area (Å²) in [4.78, 5) is 4.36. The van der Waals surface area contributed by atoms with Gasteiger partial charge in [0.05, 0.1) is 8.07 Å². The third kappa shape index (κ3) is 3.72. The molecule has 1 nitrogen and oxygen atoms in total. The van der Waals surface area contributed by atoms with Crippen molar-refractivity contribution in [3.63, 3.8) is 0 Å². The summed E-state index contributed by atoms with van der Waals surface area (Å²) in [5.41, 5.74) is 1.48. The zero-order chi connectivity index (χ0) is 11.6. The third-order valence-electron chi connectivity index (χ3n) is 2.39. The largest absolute Gasteiger partial charge is 0.249 e. The molecule has 1 aromatic rings. The van der Waals surface area contributed by atoms with Gasteiger partial charge in [-0.2, -0.15) is 0 Å². The Balaban J connectivity index is 3.15. The quantitative estimate of drug-likeness (QED) is 0.611. The first-order chi connectivity index (χ1) is 6.80. The predicted octanol–water partition coefficient (Wildman–Crippen LogP) is 3.59. The van der Waals surface area contributed by atoms with E-state index in [0.29, 0.717) is 5.92 Å². The molecule has 1 aromatic heterocycles. The molecule has 15 heavy (non-hydrogen) atoms. The Labute approximate surface area is 102 Å². The van der Waals surface area contributed by atoms with E-state index in [2.05, 4.69) is 66.7 Å². The fraction of sp³-hybridized carbons (Fsp3) is 0.583. The number of hydrogen-bond donors (Lipinski definition) is 0. The van der Waals surface area contributed by atoms with Gasteiger partial charge in [0.1, 0.15) is 4.60 Å². The molecule has 0 saturated carbocycles. The Morgan fingerprint density at radius 2 is 1.93 bits per heavy atom. The van der Waals surface area contributed by atoms with Crippen molar-refractivity contribution < 1.29 is 0 Å². The molecule has 0 spiro atoms. The number of hydrogen-bond acceptors (Lipinski definition) is 1.